The van der Waals surface area contributed by atoms with Crippen molar-refractivity contribution in [3.05, 3.63) is 29.7 Å². The van der Waals surface area contributed by atoms with Crippen LogP contribution in [0, 0.1) is 7.14 Å². The van der Waals surface area contributed by atoms with Gasteiger partial charge in [0.15, 0.2) is 0 Å². The van der Waals surface area contributed by atoms with Crippen LogP contribution in [-0.4, -0.2) is 40.3 Å². The minimum atomic E-state index is -0.997. The normalized spacial score (nSPS) is 17.7. The van der Waals surface area contributed by atoms with Gasteiger partial charge in [0.1, 0.15) is 11.8 Å². The van der Waals surface area contributed by atoms with Crippen LogP contribution in [0.5, 0.6) is 5.75 Å². The van der Waals surface area contributed by atoms with Crippen molar-refractivity contribution in [2.45, 2.75) is 13.0 Å². The summed E-state index contributed by atoms with van der Waals surface area (Å²) in [6, 6.07) is 2.50. The number of aromatic hydroxyl groups is 1. The highest BCUT2D eigenvalue weighted by Gasteiger charge is 2.41. The lowest BCUT2D eigenvalue weighted by Crippen LogP contribution is -2.42. The van der Waals surface area contributed by atoms with Gasteiger partial charge >= 0.3 is 5.97 Å². The van der Waals surface area contributed by atoms with Crippen LogP contribution in [0.1, 0.15) is 12.5 Å². The second-order valence-electron chi connectivity index (χ2n) is 4.58. The van der Waals surface area contributed by atoms with Crippen molar-refractivity contribution in [1.29, 1.82) is 0 Å². The molecule has 1 atom stereocenters. The number of benzene rings is 1. The monoisotopic (exact) mass is 559 g/mol. The molecule has 2 rings (SSSR count). The molecule has 2 amide bonds. The van der Waals surface area contributed by atoms with Crippen LogP contribution in [0.4, 0.5) is 4.79 Å². The molecule has 1 aromatic rings. The SMILES string of the molecule is COC(=O)[C@@H](C)N1C(=O)S/C(=C/c2cc(I)cc(I)c2O)C1=O. The number of thioether (sulfide) groups is 1. The molecule has 122 valence electrons. The summed E-state index contributed by atoms with van der Waals surface area (Å²) < 4.78 is 6.10. The largest absolute Gasteiger partial charge is 0.506 e. The molecule has 1 aliphatic heterocycles. The molecular weight excluding hydrogens is 548 g/mol. The highest BCUT2D eigenvalue weighted by Crippen LogP contribution is 2.36. The lowest BCUT2D eigenvalue weighted by Gasteiger charge is -2.18. The zero-order valence-electron chi connectivity index (χ0n) is 12.0. The highest BCUT2D eigenvalue weighted by molar-refractivity contribution is 14.1. The van der Waals surface area contributed by atoms with Gasteiger partial charge in [-0.05, 0) is 82.1 Å². The number of carbonyl (C=O) groups is 3. The summed E-state index contributed by atoms with van der Waals surface area (Å²) in [5, 5.41) is 9.54. The third-order valence-corrected chi connectivity index (χ3v) is 5.43. The molecule has 1 aromatic carbocycles. The Kier molecular flexibility index (Phi) is 5.94. The van der Waals surface area contributed by atoms with Crippen LogP contribution in [0.15, 0.2) is 17.0 Å². The maximum Gasteiger partial charge on any atom is 0.328 e. The van der Waals surface area contributed by atoms with Gasteiger partial charge in [-0.2, -0.15) is 0 Å². The van der Waals surface area contributed by atoms with Gasteiger partial charge in [-0.1, -0.05) is 0 Å². The molecular formula is C14H11I2NO5S. The van der Waals surface area contributed by atoms with Gasteiger partial charge in [-0.3, -0.25) is 14.5 Å². The first-order valence-electron chi connectivity index (χ1n) is 6.29. The van der Waals surface area contributed by atoms with Crippen LogP contribution in [0.25, 0.3) is 6.08 Å². The average molecular weight is 559 g/mol. The van der Waals surface area contributed by atoms with E-state index >= 15 is 0 Å². The van der Waals surface area contributed by atoms with E-state index in [2.05, 4.69) is 27.3 Å². The molecule has 0 saturated carbocycles. The summed E-state index contributed by atoms with van der Waals surface area (Å²) >= 11 is 4.81. The number of hydrogen-bond donors (Lipinski definition) is 1. The van der Waals surface area contributed by atoms with Crippen molar-refractivity contribution in [1.82, 2.24) is 4.90 Å². The molecule has 9 heteroatoms. The standard InChI is InChI=1S/C14H11I2NO5S/c1-6(13(20)22-2)17-12(19)10(23-14(17)21)4-7-3-8(15)5-9(16)11(7)18/h3-6,18H,1-2H3/b10-4+/t6-/m1/s1. The smallest absolute Gasteiger partial charge is 0.328 e. The molecule has 1 aliphatic rings. The average Bonchev–Trinajstić information content (AvgIpc) is 2.77. The molecule has 1 N–H and O–H groups in total. The second kappa shape index (κ2) is 7.38. The molecule has 1 saturated heterocycles. The van der Waals surface area contributed by atoms with Gasteiger partial charge in [0.05, 0.1) is 15.6 Å². The third-order valence-electron chi connectivity index (χ3n) is 3.10. The maximum absolute atomic E-state index is 12.4. The van der Waals surface area contributed by atoms with Crippen LogP contribution < -0.4 is 0 Å². The summed E-state index contributed by atoms with van der Waals surface area (Å²) in [6.45, 7) is 1.43. The first-order valence-corrected chi connectivity index (χ1v) is 9.26. The number of halogens is 2. The van der Waals surface area contributed by atoms with E-state index in [0.29, 0.717) is 9.13 Å². The van der Waals surface area contributed by atoms with Crippen molar-refractivity contribution in [2.24, 2.45) is 0 Å². The number of carbonyl (C=O) groups excluding carboxylic acids is 3. The number of esters is 1. The molecule has 0 bridgehead atoms. The number of nitrogens with zero attached hydrogens (tertiary/aromatic N) is 1. The van der Waals surface area contributed by atoms with Crippen LogP contribution in [-0.2, 0) is 14.3 Å². The molecule has 0 aliphatic carbocycles. The number of hydrogen-bond acceptors (Lipinski definition) is 6. The number of phenolic OH excluding ortho intramolecular Hbond substituents is 1. The van der Waals surface area contributed by atoms with E-state index in [4.69, 9.17) is 0 Å². The van der Waals surface area contributed by atoms with E-state index in [1.807, 2.05) is 22.6 Å². The molecule has 6 nitrogen and oxygen atoms in total. The minimum absolute atomic E-state index is 0.0406. The van der Waals surface area contributed by atoms with Crippen LogP contribution in [0.3, 0.4) is 0 Å². The second-order valence-corrected chi connectivity index (χ2v) is 7.98. The van der Waals surface area contributed by atoms with E-state index in [0.717, 1.165) is 20.2 Å². The predicted octanol–water partition coefficient (Wildman–Crippen LogP) is 3.20. The molecule has 1 fully saturated rings. The van der Waals surface area contributed by atoms with Crippen LogP contribution >= 0.6 is 56.9 Å². The molecule has 0 radical (unpaired) electrons. The Morgan fingerprint density at radius 1 is 1.39 bits per heavy atom. The van der Waals surface area contributed by atoms with E-state index < -0.39 is 23.2 Å². The quantitative estimate of drug-likeness (QED) is 0.348. The minimum Gasteiger partial charge on any atom is -0.506 e. The number of rotatable bonds is 3. The van der Waals surface area contributed by atoms with Crippen molar-refractivity contribution in [3.63, 3.8) is 0 Å². The van der Waals surface area contributed by atoms with Gasteiger partial charge in [-0.15, -0.1) is 0 Å². The lowest BCUT2D eigenvalue weighted by molar-refractivity contribution is -0.148. The third kappa shape index (κ3) is 3.82. The van der Waals surface area contributed by atoms with Crippen molar-refractivity contribution in [2.75, 3.05) is 7.11 Å². The summed E-state index contributed by atoms with van der Waals surface area (Å²) in [7, 11) is 1.19. The van der Waals surface area contributed by atoms with Crippen molar-refractivity contribution >= 4 is 80.1 Å². The van der Waals surface area contributed by atoms with Gasteiger partial charge < -0.3 is 9.84 Å². The van der Waals surface area contributed by atoms with Crippen LogP contribution in [0.2, 0.25) is 0 Å². The fourth-order valence-corrected chi connectivity index (χ4v) is 4.72. The van der Waals surface area contributed by atoms with Gasteiger partial charge in [0, 0.05) is 9.13 Å². The summed E-state index contributed by atoms with van der Waals surface area (Å²) in [6.07, 6.45) is 1.45. The first kappa shape index (κ1) is 18.5. The number of phenols is 1. The van der Waals surface area contributed by atoms with Crippen molar-refractivity contribution in [3.8, 4) is 5.75 Å². The molecule has 23 heavy (non-hydrogen) atoms. The predicted molar refractivity (Wildman–Crippen MR) is 103 cm³/mol. The van der Waals surface area contributed by atoms with Gasteiger partial charge in [0.25, 0.3) is 11.1 Å². The Labute approximate surface area is 163 Å². The van der Waals surface area contributed by atoms with E-state index in [1.54, 1.807) is 12.1 Å². The Bertz CT molecular complexity index is 734. The van der Waals surface area contributed by atoms with Crippen molar-refractivity contribution < 1.29 is 24.2 Å². The fraction of sp³-hybridized carbons (Fsp3) is 0.214. The number of imide groups is 1. The summed E-state index contributed by atoms with van der Waals surface area (Å²) in [5.41, 5.74) is 0.442. The maximum atomic E-state index is 12.4. The van der Waals surface area contributed by atoms with E-state index in [-0.39, 0.29) is 10.7 Å². The molecule has 0 unspecified atom stereocenters. The van der Waals surface area contributed by atoms with Gasteiger partial charge in [-0.25, -0.2) is 4.79 Å². The zero-order valence-corrected chi connectivity index (χ0v) is 17.1. The summed E-state index contributed by atoms with van der Waals surface area (Å²) in [5.74, 6) is -1.20. The van der Waals surface area contributed by atoms with E-state index in [9.17, 15) is 19.5 Å². The zero-order chi connectivity index (χ0) is 17.3. The first-order chi connectivity index (χ1) is 10.8. The summed E-state index contributed by atoms with van der Waals surface area (Å²) in [4.78, 5) is 37.0. The number of methoxy groups -OCH3 is 1. The Balaban J connectivity index is 2.38. The Morgan fingerprint density at radius 3 is 2.65 bits per heavy atom. The molecule has 1 heterocycles. The lowest BCUT2D eigenvalue weighted by atomic mass is 10.2. The Hall–Kier alpha value is -0.820. The number of amides is 2. The highest BCUT2D eigenvalue weighted by atomic mass is 127. The van der Waals surface area contributed by atoms with Gasteiger partial charge in [0.2, 0.25) is 0 Å². The van der Waals surface area contributed by atoms with E-state index in [1.165, 1.54) is 20.1 Å². The molecule has 0 aromatic heterocycles. The molecule has 0 spiro atoms. The fourth-order valence-electron chi connectivity index (χ4n) is 1.93. The number of ether oxygens (including phenoxy) is 1. The Morgan fingerprint density at radius 2 is 2.04 bits per heavy atom. The topological polar surface area (TPSA) is 83.9 Å².